The van der Waals surface area contributed by atoms with Gasteiger partial charge < -0.3 is 74.8 Å². The molecule has 20 atom stereocenters. The summed E-state index contributed by atoms with van der Waals surface area (Å²) in [4.78, 5) is 30.3. The number of nitrogens with zero attached hydrogens (tertiary/aromatic N) is 1. The number of allylic oxidation sites excluding steroid dienone is 2. The van der Waals surface area contributed by atoms with Crippen molar-refractivity contribution >= 4 is 11.9 Å². The lowest BCUT2D eigenvalue weighted by Crippen LogP contribution is -2.69. The number of fused-ring (bicyclic) bond motifs is 7. The SMILES string of the molecule is COC(=O)[C@@]1(C)CC[C@]2(C(=O)N3CCNCC3)CC[C@]3(C)C(=CC[C@@H]4[C@@]5(C)C[C@H](O)[C@H](O[C@@H]6OC[C@@H](O[C@@H]7O[C@H](CO)[C@@H](O)[C@H](O)[C@H]7O)[C@H](O)[C@H]6O)[C@@](C)(CO)[C@@H]5CC[C@]43C)[C@@H]2C1. The van der Waals surface area contributed by atoms with Crippen LogP contribution in [0, 0.1) is 50.2 Å². The molecular formula is C46H74N2O15. The normalized spacial score (nSPS) is 52.3. The molecule has 0 aromatic heterocycles. The summed E-state index contributed by atoms with van der Waals surface area (Å²) in [6.07, 6.45) is -7.61. The molecule has 1 amide bonds. The summed E-state index contributed by atoms with van der Waals surface area (Å²) in [6, 6.07) is 0. The topological polar surface area (TPSA) is 257 Å². The summed E-state index contributed by atoms with van der Waals surface area (Å²) in [5, 5.41) is 90.0. The predicted molar refractivity (Wildman–Crippen MR) is 223 cm³/mol. The van der Waals surface area contributed by atoms with E-state index in [2.05, 4.69) is 32.2 Å². The first-order valence-corrected chi connectivity index (χ1v) is 23.4. The maximum atomic E-state index is 14.9. The Morgan fingerprint density at radius 3 is 2.17 bits per heavy atom. The average Bonchev–Trinajstić information content (AvgIpc) is 3.27. The fourth-order valence-electron chi connectivity index (χ4n) is 15.0. The van der Waals surface area contributed by atoms with Gasteiger partial charge in [0, 0.05) is 31.6 Å². The van der Waals surface area contributed by atoms with Crippen molar-refractivity contribution in [1.29, 1.82) is 0 Å². The van der Waals surface area contributed by atoms with E-state index in [1.54, 1.807) is 0 Å². The minimum Gasteiger partial charge on any atom is -0.469 e. The highest BCUT2D eigenvalue weighted by atomic mass is 16.7. The van der Waals surface area contributed by atoms with Crippen molar-refractivity contribution in [2.24, 2.45) is 50.2 Å². The Kier molecular flexibility index (Phi) is 12.9. The van der Waals surface area contributed by atoms with E-state index < -0.39 is 95.8 Å². The van der Waals surface area contributed by atoms with E-state index >= 15 is 0 Å². The van der Waals surface area contributed by atoms with E-state index in [1.807, 2.05) is 18.7 Å². The maximum Gasteiger partial charge on any atom is 0.311 e. The van der Waals surface area contributed by atoms with Gasteiger partial charge >= 0.3 is 5.97 Å². The molecule has 8 rings (SSSR count). The number of aliphatic hydroxyl groups excluding tert-OH is 8. The number of piperazine rings is 1. The summed E-state index contributed by atoms with van der Waals surface area (Å²) in [7, 11) is 1.44. The highest BCUT2D eigenvalue weighted by molar-refractivity contribution is 5.85. The molecule has 0 spiro atoms. The third-order valence-electron chi connectivity index (χ3n) is 18.8. The lowest BCUT2D eigenvalue weighted by atomic mass is 9.33. The van der Waals surface area contributed by atoms with Crippen molar-refractivity contribution in [1.82, 2.24) is 10.2 Å². The van der Waals surface area contributed by atoms with Crippen molar-refractivity contribution in [3.05, 3.63) is 11.6 Å². The summed E-state index contributed by atoms with van der Waals surface area (Å²) in [6.45, 7) is 12.4. The monoisotopic (exact) mass is 895 g/mol. The minimum absolute atomic E-state index is 0.0876. The molecule has 0 bridgehead atoms. The van der Waals surface area contributed by atoms with Crippen LogP contribution >= 0.6 is 0 Å². The molecule has 0 radical (unpaired) electrons. The van der Waals surface area contributed by atoms with Gasteiger partial charge in [0.25, 0.3) is 0 Å². The second-order valence-corrected chi connectivity index (χ2v) is 21.8. The third-order valence-corrected chi connectivity index (χ3v) is 18.8. The number of amides is 1. The van der Waals surface area contributed by atoms with Crippen molar-refractivity contribution in [2.45, 2.75) is 160 Å². The van der Waals surface area contributed by atoms with Gasteiger partial charge in [0.15, 0.2) is 12.6 Å². The zero-order valence-corrected chi connectivity index (χ0v) is 37.9. The van der Waals surface area contributed by atoms with Crippen molar-refractivity contribution < 1.29 is 74.1 Å². The Morgan fingerprint density at radius 2 is 1.51 bits per heavy atom. The van der Waals surface area contributed by atoms with Gasteiger partial charge in [0.05, 0.1) is 50.0 Å². The zero-order valence-electron chi connectivity index (χ0n) is 37.9. The average molecular weight is 895 g/mol. The number of hydrogen-bond acceptors (Lipinski definition) is 16. The lowest BCUT2D eigenvalue weighted by Gasteiger charge is -2.72. The number of ether oxygens (including phenoxy) is 5. The molecule has 17 nitrogen and oxygen atoms in total. The van der Waals surface area contributed by atoms with Crippen LogP contribution in [-0.4, -0.2) is 178 Å². The fourth-order valence-corrected chi connectivity index (χ4v) is 15.0. The molecule has 3 aliphatic heterocycles. The van der Waals surface area contributed by atoms with Gasteiger partial charge in [-0.25, -0.2) is 0 Å². The van der Waals surface area contributed by atoms with Gasteiger partial charge in [-0.1, -0.05) is 39.3 Å². The van der Waals surface area contributed by atoms with E-state index in [0.29, 0.717) is 45.2 Å². The van der Waals surface area contributed by atoms with Crippen LogP contribution in [0.15, 0.2) is 11.6 Å². The van der Waals surface area contributed by atoms with E-state index in [4.69, 9.17) is 23.7 Å². The van der Waals surface area contributed by atoms with Gasteiger partial charge in [-0.15, -0.1) is 0 Å². The lowest BCUT2D eigenvalue weighted by molar-refractivity contribution is -0.357. The molecule has 63 heavy (non-hydrogen) atoms. The smallest absolute Gasteiger partial charge is 0.311 e. The Hall–Kier alpha value is -1.84. The molecule has 3 heterocycles. The number of esters is 1. The van der Waals surface area contributed by atoms with E-state index in [1.165, 1.54) is 12.7 Å². The summed E-state index contributed by atoms with van der Waals surface area (Å²) in [5.74, 6) is -0.184. The Bertz CT molecular complexity index is 1750. The number of aliphatic hydroxyl groups is 8. The van der Waals surface area contributed by atoms with E-state index in [9.17, 15) is 50.4 Å². The predicted octanol–water partition coefficient (Wildman–Crippen LogP) is -0.0354. The summed E-state index contributed by atoms with van der Waals surface area (Å²) < 4.78 is 28.9. The number of carbonyl (C=O) groups excluding carboxylic acids is 2. The van der Waals surface area contributed by atoms with Crippen LogP contribution in [0.2, 0.25) is 0 Å². The molecule has 4 saturated carbocycles. The minimum atomic E-state index is -1.72. The molecule has 7 fully saturated rings. The number of methoxy groups -OCH3 is 1. The second-order valence-electron chi connectivity index (χ2n) is 21.8. The number of nitrogens with one attached hydrogen (secondary N) is 1. The van der Waals surface area contributed by atoms with E-state index in [-0.39, 0.29) is 53.7 Å². The molecule has 17 heteroatoms. The van der Waals surface area contributed by atoms with Crippen molar-refractivity contribution in [3.63, 3.8) is 0 Å². The highest BCUT2D eigenvalue weighted by Crippen LogP contribution is 2.76. The molecule has 8 aliphatic rings. The molecule has 3 saturated heterocycles. The van der Waals surface area contributed by atoms with Crippen LogP contribution in [0.5, 0.6) is 0 Å². The quantitative estimate of drug-likeness (QED) is 0.0881. The molecule has 0 unspecified atom stereocenters. The Balaban J connectivity index is 1.03. The van der Waals surface area contributed by atoms with Gasteiger partial charge in [0.1, 0.15) is 42.7 Å². The van der Waals surface area contributed by atoms with Crippen LogP contribution in [0.1, 0.15) is 92.4 Å². The van der Waals surface area contributed by atoms with Crippen LogP contribution < -0.4 is 5.32 Å². The molecule has 0 aromatic carbocycles. The van der Waals surface area contributed by atoms with Crippen LogP contribution in [0.25, 0.3) is 0 Å². The number of rotatable bonds is 8. The van der Waals surface area contributed by atoms with Gasteiger partial charge in [-0.05, 0) is 98.7 Å². The number of carbonyl (C=O) groups is 2. The molecule has 9 N–H and O–H groups in total. The van der Waals surface area contributed by atoms with Crippen molar-refractivity contribution in [3.8, 4) is 0 Å². The molecule has 5 aliphatic carbocycles. The largest absolute Gasteiger partial charge is 0.469 e. The first kappa shape index (κ1) is 47.6. The highest BCUT2D eigenvalue weighted by Gasteiger charge is 2.71. The maximum absolute atomic E-state index is 14.9. The number of hydrogen-bond donors (Lipinski definition) is 9. The zero-order chi connectivity index (χ0) is 45.7. The van der Waals surface area contributed by atoms with Crippen LogP contribution in [-0.2, 0) is 33.3 Å². The fraction of sp³-hybridized carbons (Fsp3) is 0.913. The van der Waals surface area contributed by atoms with Crippen LogP contribution in [0.4, 0.5) is 0 Å². The van der Waals surface area contributed by atoms with E-state index in [0.717, 1.165) is 38.8 Å². The first-order chi connectivity index (χ1) is 29.7. The first-order valence-electron chi connectivity index (χ1n) is 23.4. The summed E-state index contributed by atoms with van der Waals surface area (Å²) in [5.41, 5.74) is -2.07. The van der Waals surface area contributed by atoms with Crippen molar-refractivity contribution in [2.75, 3.05) is 53.1 Å². The van der Waals surface area contributed by atoms with Gasteiger partial charge in [-0.3, -0.25) is 9.59 Å². The second kappa shape index (κ2) is 17.0. The standard InChI is InChI=1S/C46H74N2O15/c1-41(40(58)59-6)11-13-46(39(57)48-17-15-47-16-18-48)14-12-44(4)24(25(46)19-41)7-8-30-42(2)20-26(51)36(43(3,23-50)29(42)9-10-45(30,44)5)63-37-34(55)32(53)28(22-60-37)62-38-35(56)33(54)31(52)27(21-49)61-38/h7,25-38,47,49-56H,8-23H2,1-6H3/t25-,26-,27+,28+,29+,30+,31+,32-,33-,34+,35+,36-,37-,38-,41-,42-,43-,44+,45+,46-/m0/s1. The molecular weight excluding hydrogens is 821 g/mol. The Labute approximate surface area is 370 Å². The molecule has 358 valence electrons. The van der Waals surface area contributed by atoms with Crippen LogP contribution in [0.3, 0.4) is 0 Å². The third kappa shape index (κ3) is 7.20. The van der Waals surface area contributed by atoms with Gasteiger partial charge in [-0.2, -0.15) is 0 Å². The molecule has 0 aromatic rings. The Morgan fingerprint density at radius 1 is 0.825 bits per heavy atom. The van der Waals surface area contributed by atoms with Gasteiger partial charge in [0.2, 0.25) is 5.91 Å². The summed E-state index contributed by atoms with van der Waals surface area (Å²) >= 11 is 0.